The smallest absolute Gasteiger partial charge is 0.325 e. The highest BCUT2D eigenvalue weighted by atomic mass is 32.1. The van der Waals surface area contributed by atoms with Crippen LogP contribution in [0.15, 0.2) is 60.8 Å². The van der Waals surface area contributed by atoms with Crippen molar-refractivity contribution in [1.29, 1.82) is 0 Å². The molecule has 31 heavy (non-hydrogen) atoms. The van der Waals surface area contributed by atoms with Gasteiger partial charge in [0.1, 0.15) is 17.2 Å². The van der Waals surface area contributed by atoms with Crippen LogP contribution in [0.3, 0.4) is 0 Å². The summed E-state index contributed by atoms with van der Waals surface area (Å²) in [5.41, 5.74) is 2.86. The number of aryl methyl sites for hydroxylation is 1. The van der Waals surface area contributed by atoms with Crippen LogP contribution in [0.5, 0.6) is 11.5 Å². The molecule has 3 amide bonds. The Morgan fingerprint density at radius 3 is 2.55 bits per heavy atom. The van der Waals surface area contributed by atoms with Crippen molar-refractivity contribution in [2.75, 3.05) is 17.7 Å². The van der Waals surface area contributed by atoms with Gasteiger partial charge in [-0.25, -0.2) is 9.78 Å². The largest absolute Gasteiger partial charge is 0.457 e. The highest BCUT2D eigenvalue weighted by molar-refractivity contribution is 7.22. The number of anilines is 2. The van der Waals surface area contributed by atoms with Crippen LogP contribution in [0.2, 0.25) is 0 Å². The Morgan fingerprint density at radius 1 is 0.968 bits per heavy atom. The third kappa shape index (κ3) is 4.96. The van der Waals surface area contributed by atoms with Gasteiger partial charge in [-0.1, -0.05) is 17.4 Å². The Labute approximate surface area is 182 Å². The molecule has 0 aliphatic heterocycles. The summed E-state index contributed by atoms with van der Waals surface area (Å²) in [6.07, 6.45) is 1.50. The fourth-order valence-electron chi connectivity index (χ4n) is 2.81. The van der Waals surface area contributed by atoms with Gasteiger partial charge in [-0.3, -0.25) is 15.1 Å². The second-order valence-electron chi connectivity index (χ2n) is 6.65. The number of rotatable bonds is 5. The number of aromatic nitrogens is 2. The van der Waals surface area contributed by atoms with E-state index in [1.54, 1.807) is 36.4 Å². The molecule has 0 radical (unpaired) electrons. The van der Waals surface area contributed by atoms with Gasteiger partial charge in [0.2, 0.25) is 0 Å². The van der Waals surface area contributed by atoms with Crippen LogP contribution in [0.4, 0.5) is 15.6 Å². The zero-order valence-corrected chi connectivity index (χ0v) is 17.6. The van der Waals surface area contributed by atoms with E-state index in [-0.39, 0.29) is 17.6 Å². The Hall–Kier alpha value is -3.98. The molecule has 156 valence electrons. The Morgan fingerprint density at radius 2 is 1.77 bits per heavy atom. The van der Waals surface area contributed by atoms with Crippen molar-refractivity contribution in [2.24, 2.45) is 0 Å². The van der Waals surface area contributed by atoms with E-state index in [0.29, 0.717) is 22.3 Å². The van der Waals surface area contributed by atoms with Crippen molar-refractivity contribution < 1.29 is 14.3 Å². The van der Waals surface area contributed by atoms with Gasteiger partial charge >= 0.3 is 6.03 Å². The highest BCUT2D eigenvalue weighted by Gasteiger charge is 2.09. The number of urea groups is 1. The Balaban J connectivity index is 1.37. The quantitative estimate of drug-likeness (QED) is 0.419. The molecule has 0 bridgehead atoms. The number of nitrogens with zero attached hydrogens (tertiary/aromatic N) is 2. The zero-order valence-electron chi connectivity index (χ0n) is 16.8. The predicted molar refractivity (Wildman–Crippen MR) is 121 cm³/mol. The lowest BCUT2D eigenvalue weighted by molar-refractivity contribution is 0.0958. The molecule has 3 N–H and O–H groups in total. The summed E-state index contributed by atoms with van der Waals surface area (Å²) in [5.74, 6) is 0.749. The van der Waals surface area contributed by atoms with E-state index in [1.165, 1.54) is 24.6 Å². The number of hydrogen-bond donors (Lipinski definition) is 3. The topological polar surface area (TPSA) is 105 Å². The SMILES string of the molecule is CNC(=O)c1cc(Oc2ccc(NC(=O)Nc3nc4ccc(C)cc4s3)cc2)ccn1. The predicted octanol–water partition coefficient (Wildman–Crippen LogP) is 4.80. The van der Waals surface area contributed by atoms with Gasteiger partial charge in [0.25, 0.3) is 5.91 Å². The molecule has 2 aromatic heterocycles. The summed E-state index contributed by atoms with van der Waals surface area (Å²) >= 11 is 1.42. The molecule has 0 aliphatic rings. The van der Waals surface area contributed by atoms with Crippen LogP contribution in [-0.4, -0.2) is 29.0 Å². The number of fused-ring (bicyclic) bond motifs is 1. The molecule has 2 heterocycles. The van der Waals surface area contributed by atoms with Gasteiger partial charge < -0.3 is 15.4 Å². The lowest BCUT2D eigenvalue weighted by Crippen LogP contribution is -2.19. The highest BCUT2D eigenvalue weighted by Crippen LogP contribution is 2.27. The number of nitrogens with one attached hydrogen (secondary N) is 3. The van der Waals surface area contributed by atoms with Gasteiger partial charge in [-0.15, -0.1) is 0 Å². The van der Waals surface area contributed by atoms with Gasteiger partial charge in [0, 0.05) is 25.0 Å². The maximum absolute atomic E-state index is 12.3. The maximum Gasteiger partial charge on any atom is 0.325 e. The summed E-state index contributed by atoms with van der Waals surface area (Å²) < 4.78 is 6.78. The van der Waals surface area contributed by atoms with Crippen LogP contribution in [0.1, 0.15) is 16.1 Å². The number of benzene rings is 2. The zero-order chi connectivity index (χ0) is 21.8. The van der Waals surface area contributed by atoms with Crippen LogP contribution < -0.4 is 20.7 Å². The molecule has 4 rings (SSSR count). The monoisotopic (exact) mass is 433 g/mol. The van der Waals surface area contributed by atoms with Crippen molar-refractivity contribution in [1.82, 2.24) is 15.3 Å². The molecule has 8 nitrogen and oxygen atoms in total. The molecule has 0 saturated heterocycles. The first-order valence-electron chi connectivity index (χ1n) is 9.41. The van der Waals surface area contributed by atoms with Crippen molar-refractivity contribution >= 4 is 44.3 Å². The first-order valence-corrected chi connectivity index (χ1v) is 10.2. The average Bonchev–Trinajstić information content (AvgIpc) is 3.15. The Bertz CT molecular complexity index is 1250. The minimum Gasteiger partial charge on any atom is -0.457 e. The third-order valence-corrected chi connectivity index (χ3v) is 5.24. The molecule has 0 atom stereocenters. The second-order valence-corrected chi connectivity index (χ2v) is 7.68. The van der Waals surface area contributed by atoms with E-state index in [1.807, 2.05) is 25.1 Å². The van der Waals surface area contributed by atoms with Gasteiger partial charge in [0.15, 0.2) is 5.13 Å². The van der Waals surface area contributed by atoms with E-state index in [0.717, 1.165) is 15.8 Å². The number of amides is 3. The van der Waals surface area contributed by atoms with E-state index in [9.17, 15) is 9.59 Å². The van der Waals surface area contributed by atoms with Crippen LogP contribution in [0.25, 0.3) is 10.2 Å². The average molecular weight is 433 g/mol. The molecule has 4 aromatic rings. The van der Waals surface area contributed by atoms with E-state index in [4.69, 9.17) is 4.74 Å². The van der Waals surface area contributed by atoms with Gasteiger partial charge in [-0.2, -0.15) is 0 Å². The molecule has 0 aliphatic carbocycles. The fourth-order valence-corrected chi connectivity index (χ4v) is 3.77. The summed E-state index contributed by atoms with van der Waals surface area (Å²) in [4.78, 5) is 32.4. The summed E-state index contributed by atoms with van der Waals surface area (Å²) in [6, 6.07) is 15.7. The normalized spacial score (nSPS) is 10.5. The maximum atomic E-state index is 12.3. The van der Waals surface area contributed by atoms with Gasteiger partial charge in [0.05, 0.1) is 10.2 Å². The minimum atomic E-state index is -0.381. The standard InChI is InChI=1S/C22H19N5O3S/c1-13-3-8-17-19(11-13)31-22(26-17)27-21(29)25-14-4-6-15(7-5-14)30-16-9-10-24-18(12-16)20(28)23-2/h3-12H,1-2H3,(H,23,28)(H2,25,26,27,29). The molecule has 0 unspecified atom stereocenters. The lowest BCUT2D eigenvalue weighted by atomic mass is 10.2. The van der Waals surface area contributed by atoms with Crippen molar-refractivity contribution in [2.45, 2.75) is 6.92 Å². The van der Waals surface area contributed by atoms with E-state index in [2.05, 4.69) is 25.9 Å². The van der Waals surface area contributed by atoms with Crippen LogP contribution in [-0.2, 0) is 0 Å². The molecule has 9 heteroatoms. The molecule has 0 fully saturated rings. The number of thiazole rings is 1. The van der Waals surface area contributed by atoms with Crippen LogP contribution in [0, 0.1) is 6.92 Å². The van der Waals surface area contributed by atoms with Crippen molar-refractivity contribution in [3.8, 4) is 11.5 Å². The van der Waals surface area contributed by atoms with Crippen molar-refractivity contribution in [3.05, 3.63) is 72.1 Å². The summed E-state index contributed by atoms with van der Waals surface area (Å²) in [7, 11) is 1.54. The fraction of sp³-hybridized carbons (Fsp3) is 0.0909. The second kappa shape index (κ2) is 8.80. The van der Waals surface area contributed by atoms with Crippen molar-refractivity contribution in [3.63, 3.8) is 0 Å². The van der Waals surface area contributed by atoms with E-state index >= 15 is 0 Å². The Kier molecular flexibility index (Phi) is 5.76. The molecular weight excluding hydrogens is 414 g/mol. The lowest BCUT2D eigenvalue weighted by Gasteiger charge is -2.09. The summed E-state index contributed by atoms with van der Waals surface area (Å²) in [5, 5.41) is 8.57. The number of carbonyl (C=O) groups is 2. The minimum absolute atomic E-state index is 0.264. The summed E-state index contributed by atoms with van der Waals surface area (Å²) in [6.45, 7) is 2.02. The number of hydrogen-bond acceptors (Lipinski definition) is 6. The van der Waals surface area contributed by atoms with E-state index < -0.39 is 0 Å². The first-order chi connectivity index (χ1) is 15.0. The molecule has 2 aromatic carbocycles. The molecule has 0 saturated carbocycles. The number of pyridine rings is 1. The van der Waals surface area contributed by atoms with Gasteiger partial charge in [-0.05, 0) is 55.0 Å². The number of carbonyl (C=O) groups excluding carboxylic acids is 2. The third-order valence-electron chi connectivity index (χ3n) is 4.30. The molecular formula is C22H19N5O3S. The molecule has 0 spiro atoms. The van der Waals surface area contributed by atoms with Crippen LogP contribution >= 0.6 is 11.3 Å². The number of ether oxygens (including phenoxy) is 1. The first kappa shape index (κ1) is 20.3.